The zero-order valence-corrected chi connectivity index (χ0v) is 12.5. The number of thioether (sulfide) groups is 1. The Balaban J connectivity index is 4.46. The predicted molar refractivity (Wildman–Crippen MR) is 73.9 cm³/mol. The zero-order chi connectivity index (χ0) is 12.8. The Morgan fingerprint density at radius 2 is 1.88 bits per heavy atom. The van der Waals surface area contributed by atoms with Crippen molar-refractivity contribution in [3.05, 3.63) is 0 Å². The maximum atomic E-state index is 11.9. The summed E-state index contributed by atoms with van der Waals surface area (Å²) >= 11 is 1.73. The van der Waals surface area contributed by atoms with E-state index in [9.17, 15) is 4.79 Å². The average molecular weight is 245 g/mol. The van der Waals surface area contributed by atoms with Crippen LogP contribution in [0.1, 0.15) is 47.0 Å². The highest BCUT2D eigenvalue weighted by Crippen LogP contribution is 2.32. The van der Waals surface area contributed by atoms with Crippen LogP contribution in [0.5, 0.6) is 0 Å². The minimum absolute atomic E-state index is 0.240. The van der Waals surface area contributed by atoms with Gasteiger partial charge in [-0.25, -0.2) is 0 Å². The predicted octanol–water partition coefficient (Wildman–Crippen LogP) is 3.41. The summed E-state index contributed by atoms with van der Waals surface area (Å²) < 4.78 is 0. The molecule has 0 rings (SSSR count). The molecule has 0 spiro atoms. The average Bonchev–Trinajstić information content (AvgIpc) is 2.32. The molecule has 16 heavy (non-hydrogen) atoms. The number of amides is 1. The molecule has 0 saturated heterocycles. The second-order valence-corrected chi connectivity index (χ2v) is 5.77. The van der Waals surface area contributed by atoms with E-state index >= 15 is 0 Å². The van der Waals surface area contributed by atoms with Crippen LogP contribution >= 0.6 is 11.8 Å². The summed E-state index contributed by atoms with van der Waals surface area (Å²) in [5.41, 5.74) is 0.240. The summed E-state index contributed by atoms with van der Waals surface area (Å²) in [4.78, 5) is 13.9. The van der Waals surface area contributed by atoms with E-state index in [-0.39, 0.29) is 11.3 Å². The molecular weight excluding hydrogens is 218 g/mol. The topological polar surface area (TPSA) is 20.3 Å². The number of rotatable bonds is 7. The molecule has 0 unspecified atom stereocenters. The van der Waals surface area contributed by atoms with Crippen molar-refractivity contribution in [2.75, 3.05) is 19.1 Å². The maximum absolute atomic E-state index is 11.9. The lowest BCUT2D eigenvalue weighted by Crippen LogP contribution is -2.45. The van der Waals surface area contributed by atoms with Crippen molar-refractivity contribution in [3.8, 4) is 0 Å². The van der Waals surface area contributed by atoms with Gasteiger partial charge in [0.15, 0.2) is 0 Å². The molecule has 0 aromatic rings. The van der Waals surface area contributed by atoms with E-state index in [1.807, 2.05) is 18.2 Å². The standard InChI is InChI=1S/C13H27NOS/c1-7-13(4,8-2)11(3)14(5)12(15)9-10-16-6/h11H,7-10H2,1-6H3/t11-/m0/s1. The van der Waals surface area contributed by atoms with Gasteiger partial charge in [-0.3, -0.25) is 4.79 Å². The molecular formula is C13H27NOS. The molecule has 0 aliphatic carbocycles. The molecule has 0 fully saturated rings. The van der Waals surface area contributed by atoms with Gasteiger partial charge in [0.1, 0.15) is 0 Å². The van der Waals surface area contributed by atoms with Crippen LogP contribution in [-0.4, -0.2) is 35.9 Å². The highest BCUT2D eigenvalue weighted by Gasteiger charge is 2.31. The van der Waals surface area contributed by atoms with Crippen molar-refractivity contribution in [2.24, 2.45) is 5.41 Å². The van der Waals surface area contributed by atoms with Crippen molar-refractivity contribution in [2.45, 2.75) is 53.0 Å². The molecule has 1 atom stereocenters. The van der Waals surface area contributed by atoms with E-state index in [2.05, 4.69) is 27.7 Å². The van der Waals surface area contributed by atoms with Gasteiger partial charge in [0.25, 0.3) is 0 Å². The van der Waals surface area contributed by atoms with E-state index in [0.717, 1.165) is 18.6 Å². The molecule has 0 aliphatic rings. The third-order valence-corrected chi connectivity index (χ3v) is 4.73. The molecule has 2 nitrogen and oxygen atoms in total. The Morgan fingerprint density at radius 1 is 1.38 bits per heavy atom. The van der Waals surface area contributed by atoms with Crippen LogP contribution in [0.2, 0.25) is 0 Å². The van der Waals surface area contributed by atoms with Crippen molar-refractivity contribution in [1.29, 1.82) is 0 Å². The quantitative estimate of drug-likeness (QED) is 0.685. The first kappa shape index (κ1) is 15.8. The summed E-state index contributed by atoms with van der Waals surface area (Å²) in [5, 5.41) is 0. The SMILES string of the molecule is CCC(C)(CC)[C@H](C)N(C)C(=O)CCSC. The van der Waals surface area contributed by atoms with Crippen LogP contribution in [-0.2, 0) is 4.79 Å². The van der Waals surface area contributed by atoms with Crippen LogP contribution in [0.4, 0.5) is 0 Å². The van der Waals surface area contributed by atoms with Gasteiger partial charge in [-0.05, 0) is 31.4 Å². The van der Waals surface area contributed by atoms with Crippen molar-refractivity contribution in [1.82, 2.24) is 4.90 Å². The summed E-state index contributed by atoms with van der Waals surface area (Å²) in [7, 11) is 1.94. The Bertz CT molecular complexity index is 214. The lowest BCUT2D eigenvalue weighted by atomic mass is 9.77. The highest BCUT2D eigenvalue weighted by atomic mass is 32.2. The number of carbonyl (C=O) groups is 1. The van der Waals surface area contributed by atoms with Gasteiger partial charge in [0, 0.05) is 25.3 Å². The number of hydrogen-bond acceptors (Lipinski definition) is 2. The smallest absolute Gasteiger partial charge is 0.223 e. The monoisotopic (exact) mass is 245 g/mol. The normalized spacial score (nSPS) is 13.6. The fourth-order valence-corrected chi connectivity index (χ4v) is 2.27. The largest absolute Gasteiger partial charge is 0.342 e. The van der Waals surface area contributed by atoms with E-state index in [1.54, 1.807) is 11.8 Å². The second kappa shape index (κ2) is 7.21. The Morgan fingerprint density at radius 3 is 2.25 bits per heavy atom. The van der Waals surface area contributed by atoms with Gasteiger partial charge in [-0.2, -0.15) is 11.8 Å². The third kappa shape index (κ3) is 4.00. The van der Waals surface area contributed by atoms with Crippen LogP contribution in [0, 0.1) is 5.41 Å². The summed E-state index contributed by atoms with van der Waals surface area (Å²) in [6, 6.07) is 0.317. The van der Waals surface area contributed by atoms with Crippen molar-refractivity contribution < 1.29 is 4.79 Å². The van der Waals surface area contributed by atoms with Gasteiger partial charge in [0.2, 0.25) is 5.91 Å². The van der Waals surface area contributed by atoms with E-state index in [0.29, 0.717) is 12.5 Å². The minimum atomic E-state index is 0.240. The Labute approximate surface area is 105 Å². The molecule has 0 heterocycles. The lowest BCUT2D eigenvalue weighted by molar-refractivity contribution is -0.133. The summed E-state index contributed by atoms with van der Waals surface area (Å²) in [6.07, 6.45) is 4.93. The second-order valence-electron chi connectivity index (χ2n) is 4.78. The number of hydrogen-bond donors (Lipinski definition) is 0. The van der Waals surface area contributed by atoms with Crippen molar-refractivity contribution >= 4 is 17.7 Å². The molecule has 0 aromatic carbocycles. The van der Waals surface area contributed by atoms with Crippen LogP contribution in [0.25, 0.3) is 0 Å². The van der Waals surface area contributed by atoms with Crippen molar-refractivity contribution in [3.63, 3.8) is 0 Å². The fourth-order valence-electron chi connectivity index (χ4n) is 1.89. The molecule has 0 aromatic heterocycles. The van der Waals surface area contributed by atoms with Gasteiger partial charge in [-0.1, -0.05) is 20.8 Å². The molecule has 3 heteroatoms. The van der Waals surface area contributed by atoms with Gasteiger partial charge in [0.05, 0.1) is 0 Å². The molecule has 0 radical (unpaired) electrons. The Hall–Kier alpha value is -0.180. The minimum Gasteiger partial charge on any atom is -0.342 e. The molecule has 0 aliphatic heterocycles. The first-order valence-corrected chi connectivity index (χ1v) is 7.56. The van der Waals surface area contributed by atoms with E-state index < -0.39 is 0 Å². The maximum Gasteiger partial charge on any atom is 0.223 e. The highest BCUT2D eigenvalue weighted by molar-refractivity contribution is 7.98. The van der Waals surface area contributed by atoms with Gasteiger partial charge < -0.3 is 4.90 Å². The molecule has 0 N–H and O–H groups in total. The fraction of sp³-hybridized carbons (Fsp3) is 0.923. The first-order chi connectivity index (χ1) is 7.42. The number of carbonyl (C=O) groups excluding carboxylic acids is 1. The molecule has 96 valence electrons. The van der Waals surface area contributed by atoms with Gasteiger partial charge >= 0.3 is 0 Å². The van der Waals surface area contributed by atoms with Crippen LogP contribution in [0.3, 0.4) is 0 Å². The third-order valence-electron chi connectivity index (χ3n) is 4.12. The summed E-state index contributed by atoms with van der Waals surface area (Å²) in [6.45, 7) is 8.86. The molecule has 1 amide bonds. The zero-order valence-electron chi connectivity index (χ0n) is 11.7. The molecule has 0 saturated carbocycles. The van der Waals surface area contributed by atoms with E-state index in [1.165, 1.54) is 0 Å². The number of nitrogens with zero attached hydrogens (tertiary/aromatic N) is 1. The first-order valence-electron chi connectivity index (χ1n) is 6.17. The Kier molecular flexibility index (Phi) is 7.12. The van der Waals surface area contributed by atoms with Crippen LogP contribution < -0.4 is 0 Å². The lowest BCUT2D eigenvalue weighted by Gasteiger charge is -2.39. The molecule has 0 bridgehead atoms. The van der Waals surface area contributed by atoms with Crippen LogP contribution in [0.15, 0.2) is 0 Å². The van der Waals surface area contributed by atoms with E-state index in [4.69, 9.17) is 0 Å². The van der Waals surface area contributed by atoms with Gasteiger partial charge in [-0.15, -0.1) is 0 Å². The summed E-state index contributed by atoms with van der Waals surface area (Å²) in [5.74, 6) is 1.19.